The van der Waals surface area contributed by atoms with Gasteiger partial charge in [0.25, 0.3) is 0 Å². The van der Waals surface area contributed by atoms with Crippen molar-refractivity contribution < 1.29 is 0 Å². The summed E-state index contributed by atoms with van der Waals surface area (Å²) < 4.78 is 0. The molecule has 1 unspecified atom stereocenters. The van der Waals surface area contributed by atoms with Crippen molar-refractivity contribution in [3.8, 4) is 0 Å². The quantitative estimate of drug-likeness (QED) is 0.725. The van der Waals surface area contributed by atoms with Crippen LogP contribution in [-0.2, 0) is 0 Å². The van der Waals surface area contributed by atoms with E-state index < -0.39 is 0 Å². The fourth-order valence-corrected chi connectivity index (χ4v) is 2.18. The largest absolute Gasteiger partial charge is 0.329 e. The average molecular weight is 184 g/mol. The van der Waals surface area contributed by atoms with Crippen LogP contribution in [0.25, 0.3) is 0 Å². The number of nitrogens with zero attached hydrogens (tertiary/aromatic N) is 1. The molecule has 2 nitrogen and oxygen atoms in total. The molecule has 1 aliphatic rings. The van der Waals surface area contributed by atoms with Gasteiger partial charge >= 0.3 is 0 Å². The molecule has 0 aromatic heterocycles. The Balaban J connectivity index is 2.54. The minimum absolute atomic E-state index is 0.305. The first-order chi connectivity index (χ1) is 5.96. The molecule has 0 aromatic rings. The van der Waals surface area contributed by atoms with Gasteiger partial charge < -0.3 is 5.73 Å². The summed E-state index contributed by atoms with van der Waals surface area (Å²) in [4.78, 5) is 2.49. The standard InChI is InChI=1S/C11H24N2/c1-11(2,3)10(8-12)13(4)9-6-5-7-9/h9-10H,5-8,12H2,1-4H3. The first-order valence-electron chi connectivity index (χ1n) is 5.39. The highest BCUT2D eigenvalue weighted by Crippen LogP contribution is 2.30. The third kappa shape index (κ3) is 2.44. The third-order valence-electron chi connectivity index (χ3n) is 3.37. The zero-order valence-corrected chi connectivity index (χ0v) is 9.51. The summed E-state index contributed by atoms with van der Waals surface area (Å²) >= 11 is 0. The monoisotopic (exact) mass is 184 g/mol. The molecule has 2 heteroatoms. The summed E-state index contributed by atoms with van der Waals surface area (Å²) in [7, 11) is 2.23. The van der Waals surface area contributed by atoms with Crippen molar-refractivity contribution in [3.05, 3.63) is 0 Å². The molecule has 1 rings (SSSR count). The van der Waals surface area contributed by atoms with Gasteiger partial charge in [-0.15, -0.1) is 0 Å². The van der Waals surface area contributed by atoms with Gasteiger partial charge in [-0.25, -0.2) is 0 Å². The Morgan fingerprint density at radius 2 is 1.92 bits per heavy atom. The maximum atomic E-state index is 5.83. The highest BCUT2D eigenvalue weighted by atomic mass is 15.2. The molecule has 1 atom stereocenters. The van der Waals surface area contributed by atoms with Crippen LogP contribution in [0.1, 0.15) is 40.0 Å². The lowest BCUT2D eigenvalue weighted by molar-refractivity contribution is 0.0533. The molecule has 0 aliphatic heterocycles. The van der Waals surface area contributed by atoms with E-state index in [1.54, 1.807) is 0 Å². The molecular formula is C11H24N2. The smallest absolute Gasteiger partial charge is 0.0266 e. The average Bonchev–Trinajstić information content (AvgIpc) is 1.80. The summed E-state index contributed by atoms with van der Waals surface area (Å²) in [5.41, 5.74) is 6.14. The molecule has 0 bridgehead atoms. The van der Waals surface area contributed by atoms with Gasteiger partial charge in [0.2, 0.25) is 0 Å². The molecule has 0 saturated heterocycles. The zero-order valence-electron chi connectivity index (χ0n) is 9.51. The predicted molar refractivity (Wildman–Crippen MR) is 57.7 cm³/mol. The van der Waals surface area contributed by atoms with Crippen LogP contribution in [0.15, 0.2) is 0 Å². The highest BCUT2D eigenvalue weighted by molar-refractivity contribution is 4.89. The third-order valence-corrected chi connectivity index (χ3v) is 3.37. The number of nitrogens with two attached hydrogens (primary N) is 1. The Morgan fingerprint density at radius 3 is 2.15 bits per heavy atom. The van der Waals surface area contributed by atoms with Crippen molar-refractivity contribution in [3.63, 3.8) is 0 Å². The molecule has 1 aliphatic carbocycles. The van der Waals surface area contributed by atoms with Gasteiger partial charge in [-0.05, 0) is 25.3 Å². The van der Waals surface area contributed by atoms with Crippen LogP contribution in [0.3, 0.4) is 0 Å². The first-order valence-corrected chi connectivity index (χ1v) is 5.39. The summed E-state index contributed by atoms with van der Waals surface area (Å²) in [5.74, 6) is 0. The van der Waals surface area contributed by atoms with Crippen molar-refractivity contribution >= 4 is 0 Å². The number of hydrogen-bond acceptors (Lipinski definition) is 2. The molecule has 0 heterocycles. The van der Waals surface area contributed by atoms with Crippen molar-refractivity contribution in [1.29, 1.82) is 0 Å². The van der Waals surface area contributed by atoms with Gasteiger partial charge in [0.05, 0.1) is 0 Å². The van der Waals surface area contributed by atoms with Crippen LogP contribution in [-0.4, -0.2) is 30.6 Å². The molecule has 0 radical (unpaired) electrons. The lowest BCUT2D eigenvalue weighted by Gasteiger charge is -2.45. The molecule has 78 valence electrons. The van der Waals surface area contributed by atoms with E-state index in [0.717, 1.165) is 12.6 Å². The second-order valence-corrected chi connectivity index (χ2v) is 5.37. The Morgan fingerprint density at radius 1 is 1.38 bits per heavy atom. The second-order valence-electron chi connectivity index (χ2n) is 5.37. The van der Waals surface area contributed by atoms with Gasteiger partial charge in [0.15, 0.2) is 0 Å². The number of likely N-dealkylation sites (N-methyl/N-ethyl adjacent to an activating group) is 1. The Kier molecular flexibility index (Phi) is 3.36. The Labute approximate surface area is 82.5 Å². The topological polar surface area (TPSA) is 29.3 Å². The van der Waals surface area contributed by atoms with Crippen LogP contribution >= 0.6 is 0 Å². The van der Waals surface area contributed by atoms with Gasteiger partial charge in [-0.3, -0.25) is 4.90 Å². The zero-order chi connectivity index (χ0) is 10.1. The lowest BCUT2D eigenvalue weighted by atomic mass is 9.82. The van der Waals surface area contributed by atoms with E-state index in [2.05, 4.69) is 32.7 Å². The van der Waals surface area contributed by atoms with Crippen LogP contribution in [0.2, 0.25) is 0 Å². The van der Waals surface area contributed by atoms with Crippen LogP contribution < -0.4 is 5.73 Å². The maximum absolute atomic E-state index is 5.83. The minimum atomic E-state index is 0.305. The van der Waals surface area contributed by atoms with Crippen molar-refractivity contribution in [1.82, 2.24) is 4.90 Å². The molecule has 0 spiro atoms. The lowest BCUT2D eigenvalue weighted by Crippen LogP contribution is -2.52. The van der Waals surface area contributed by atoms with Gasteiger partial charge in [0, 0.05) is 18.6 Å². The van der Waals surface area contributed by atoms with Gasteiger partial charge in [-0.1, -0.05) is 27.2 Å². The summed E-state index contributed by atoms with van der Waals surface area (Å²) in [5, 5.41) is 0. The first kappa shape index (κ1) is 11.0. The van der Waals surface area contributed by atoms with E-state index in [1.807, 2.05) is 0 Å². The van der Waals surface area contributed by atoms with Crippen LogP contribution in [0.5, 0.6) is 0 Å². The SMILES string of the molecule is CN(C1CCC1)C(CN)C(C)(C)C. The van der Waals surface area contributed by atoms with Crippen molar-refractivity contribution in [2.75, 3.05) is 13.6 Å². The molecule has 0 aromatic carbocycles. The molecule has 13 heavy (non-hydrogen) atoms. The van der Waals surface area contributed by atoms with E-state index in [4.69, 9.17) is 5.73 Å². The maximum Gasteiger partial charge on any atom is 0.0266 e. The molecule has 2 N–H and O–H groups in total. The highest BCUT2D eigenvalue weighted by Gasteiger charge is 2.33. The van der Waals surface area contributed by atoms with E-state index in [-0.39, 0.29) is 0 Å². The van der Waals surface area contributed by atoms with Crippen LogP contribution in [0.4, 0.5) is 0 Å². The number of rotatable bonds is 3. The van der Waals surface area contributed by atoms with E-state index in [1.165, 1.54) is 19.3 Å². The molecule has 1 saturated carbocycles. The van der Waals surface area contributed by atoms with Crippen molar-refractivity contribution in [2.24, 2.45) is 11.1 Å². The van der Waals surface area contributed by atoms with E-state index in [9.17, 15) is 0 Å². The van der Waals surface area contributed by atoms with Gasteiger partial charge in [0.1, 0.15) is 0 Å². The second kappa shape index (κ2) is 3.97. The summed E-state index contributed by atoms with van der Waals surface area (Å²) in [6, 6.07) is 1.32. The molecule has 1 fully saturated rings. The fraction of sp³-hybridized carbons (Fsp3) is 1.00. The van der Waals surface area contributed by atoms with E-state index in [0.29, 0.717) is 11.5 Å². The molecular weight excluding hydrogens is 160 g/mol. The Hall–Kier alpha value is -0.0800. The Bertz CT molecular complexity index is 156. The van der Waals surface area contributed by atoms with Crippen LogP contribution in [0, 0.1) is 5.41 Å². The normalized spacial score (nSPS) is 21.7. The summed E-state index contributed by atoms with van der Waals surface area (Å²) in [6.45, 7) is 7.61. The molecule has 0 amide bonds. The minimum Gasteiger partial charge on any atom is -0.329 e. The summed E-state index contributed by atoms with van der Waals surface area (Å²) in [6.07, 6.45) is 4.13. The van der Waals surface area contributed by atoms with Crippen molar-refractivity contribution in [2.45, 2.75) is 52.1 Å². The fourth-order valence-electron chi connectivity index (χ4n) is 2.18. The number of hydrogen-bond donors (Lipinski definition) is 1. The van der Waals surface area contributed by atoms with E-state index >= 15 is 0 Å². The predicted octanol–water partition coefficient (Wildman–Crippen LogP) is 1.84. The van der Waals surface area contributed by atoms with Gasteiger partial charge in [-0.2, -0.15) is 0 Å².